The molecule has 1 saturated heterocycles. The number of carbonyl (C=O) groups is 2. The molecule has 0 saturated carbocycles. The van der Waals surface area contributed by atoms with Crippen LogP contribution >= 0.6 is 0 Å². The zero-order valence-electron chi connectivity index (χ0n) is 15.7. The van der Waals surface area contributed by atoms with E-state index in [0.29, 0.717) is 16.8 Å². The molecule has 1 aliphatic heterocycles. The summed E-state index contributed by atoms with van der Waals surface area (Å²) in [6.07, 6.45) is 0. The molecule has 3 aromatic rings. The summed E-state index contributed by atoms with van der Waals surface area (Å²) in [5, 5.41) is 10.9. The number of hydrogen-bond donors (Lipinski definition) is 1. The summed E-state index contributed by atoms with van der Waals surface area (Å²) < 4.78 is 14.0. The lowest BCUT2D eigenvalue weighted by Crippen LogP contribution is -2.29. The van der Waals surface area contributed by atoms with Gasteiger partial charge in [0.2, 0.25) is 0 Å². The number of ketones is 1. The van der Waals surface area contributed by atoms with Crippen LogP contribution in [0, 0.1) is 12.7 Å². The van der Waals surface area contributed by atoms with Gasteiger partial charge in [-0.1, -0.05) is 54.6 Å². The normalized spacial score (nSPS) is 18.3. The quantitative estimate of drug-likeness (QED) is 0.400. The van der Waals surface area contributed by atoms with E-state index >= 15 is 0 Å². The van der Waals surface area contributed by atoms with E-state index in [1.54, 1.807) is 54.6 Å². The van der Waals surface area contributed by atoms with Crippen molar-refractivity contribution in [1.29, 1.82) is 0 Å². The van der Waals surface area contributed by atoms with Gasteiger partial charge in [0.1, 0.15) is 11.6 Å². The van der Waals surface area contributed by atoms with Crippen molar-refractivity contribution < 1.29 is 19.1 Å². The van der Waals surface area contributed by atoms with Crippen molar-refractivity contribution >= 4 is 23.1 Å². The van der Waals surface area contributed by atoms with E-state index < -0.39 is 23.5 Å². The van der Waals surface area contributed by atoms with Crippen LogP contribution in [0.4, 0.5) is 10.1 Å². The van der Waals surface area contributed by atoms with Crippen molar-refractivity contribution in [1.82, 2.24) is 0 Å². The van der Waals surface area contributed by atoms with E-state index in [1.807, 2.05) is 13.0 Å². The largest absolute Gasteiger partial charge is 0.507 e. The molecule has 1 aliphatic rings. The lowest BCUT2D eigenvalue weighted by Gasteiger charge is -2.25. The summed E-state index contributed by atoms with van der Waals surface area (Å²) in [6.45, 7) is 1.88. The molecule has 0 aromatic heterocycles. The van der Waals surface area contributed by atoms with Crippen LogP contribution in [0.15, 0.2) is 84.4 Å². The van der Waals surface area contributed by atoms with E-state index in [2.05, 4.69) is 0 Å². The van der Waals surface area contributed by atoms with Crippen molar-refractivity contribution in [3.05, 3.63) is 107 Å². The van der Waals surface area contributed by atoms with Gasteiger partial charge in [-0.15, -0.1) is 0 Å². The van der Waals surface area contributed by atoms with Crippen LogP contribution in [0.1, 0.15) is 22.7 Å². The molecular weight excluding hydrogens is 369 g/mol. The Morgan fingerprint density at radius 1 is 0.931 bits per heavy atom. The number of anilines is 1. The Kier molecular flexibility index (Phi) is 4.72. The van der Waals surface area contributed by atoms with Gasteiger partial charge in [0.05, 0.1) is 11.6 Å². The van der Waals surface area contributed by atoms with Crippen molar-refractivity contribution in [2.45, 2.75) is 13.0 Å². The highest BCUT2D eigenvalue weighted by atomic mass is 19.1. The number of Topliss-reactive ketones (excluding diaryl/α,β-unsaturated/α-hetero) is 1. The number of hydrogen-bond acceptors (Lipinski definition) is 3. The van der Waals surface area contributed by atoms with Gasteiger partial charge in [0, 0.05) is 11.3 Å². The highest BCUT2D eigenvalue weighted by molar-refractivity contribution is 6.51. The minimum atomic E-state index is -0.937. The molecule has 0 spiro atoms. The molecule has 1 fully saturated rings. The highest BCUT2D eigenvalue weighted by Gasteiger charge is 2.47. The third-order valence-corrected chi connectivity index (χ3v) is 4.94. The minimum Gasteiger partial charge on any atom is -0.507 e. The van der Waals surface area contributed by atoms with Crippen LogP contribution in [-0.4, -0.2) is 16.8 Å². The van der Waals surface area contributed by atoms with Gasteiger partial charge < -0.3 is 5.11 Å². The highest BCUT2D eigenvalue weighted by Crippen LogP contribution is 2.42. The molecule has 5 heteroatoms. The molecule has 4 nitrogen and oxygen atoms in total. The fourth-order valence-electron chi connectivity index (χ4n) is 3.62. The molecule has 3 aromatic carbocycles. The lowest BCUT2D eigenvalue weighted by molar-refractivity contribution is -0.132. The number of benzene rings is 3. The topological polar surface area (TPSA) is 57.6 Å². The second-order valence-electron chi connectivity index (χ2n) is 6.93. The molecule has 1 heterocycles. The van der Waals surface area contributed by atoms with Gasteiger partial charge in [-0.25, -0.2) is 4.39 Å². The van der Waals surface area contributed by atoms with E-state index in [4.69, 9.17) is 0 Å². The van der Waals surface area contributed by atoms with E-state index in [1.165, 1.54) is 23.1 Å². The number of aliphatic hydroxyl groups is 1. The third-order valence-electron chi connectivity index (χ3n) is 4.94. The molecule has 144 valence electrons. The molecule has 29 heavy (non-hydrogen) atoms. The average Bonchev–Trinajstić information content (AvgIpc) is 2.99. The van der Waals surface area contributed by atoms with Crippen molar-refractivity contribution in [3.63, 3.8) is 0 Å². The maximum atomic E-state index is 14.0. The third kappa shape index (κ3) is 3.31. The van der Waals surface area contributed by atoms with Gasteiger partial charge in [0.15, 0.2) is 0 Å². The molecule has 0 aliphatic carbocycles. The SMILES string of the molecule is Cc1cccc(N2C(=O)C(=O)/C(=C(/O)c3ccccc3)C2c2cccc(F)c2)c1. The number of halogens is 1. The molecule has 0 radical (unpaired) electrons. The van der Waals surface area contributed by atoms with Crippen LogP contribution in [0.3, 0.4) is 0 Å². The van der Waals surface area contributed by atoms with Gasteiger partial charge in [0.25, 0.3) is 11.7 Å². The van der Waals surface area contributed by atoms with Crippen LogP contribution in [0.2, 0.25) is 0 Å². The monoisotopic (exact) mass is 387 g/mol. The van der Waals surface area contributed by atoms with Gasteiger partial charge in [-0.2, -0.15) is 0 Å². The zero-order chi connectivity index (χ0) is 20.5. The predicted octanol–water partition coefficient (Wildman–Crippen LogP) is 4.76. The standard InChI is InChI=1S/C24H18FNO3/c1-15-7-5-12-19(13-15)26-21(17-10-6-11-18(25)14-17)20(23(28)24(26)29)22(27)16-8-3-2-4-9-16/h2-14,21,27H,1H3/b22-20+. The smallest absolute Gasteiger partial charge is 0.300 e. The average molecular weight is 387 g/mol. The van der Waals surface area contributed by atoms with Crippen molar-refractivity contribution in [2.75, 3.05) is 4.90 Å². The Bertz CT molecular complexity index is 1140. The summed E-state index contributed by atoms with van der Waals surface area (Å²) in [5.41, 5.74) is 2.17. The molecular formula is C24H18FNO3. The van der Waals surface area contributed by atoms with Crippen LogP contribution in [0.25, 0.3) is 5.76 Å². The summed E-state index contributed by atoms with van der Waals surface area (Å²) in [5.74, 6) is -2.34. The summed E-state index contributed by atoms with van der Waals surface area (Å²) in [4.78, 5) is 27.2. The first-order valence-electron chi connectivity index (χ1n) is 9.16. The fourth-order valence-corrected chi connectivity index (χ4v) is 3.62. The Morgan fingerprint density at radius 2 is 1.66 bits per heavy atom. The Balaban J connectivity index is 1.97. The fraction of sp³-hybridized carbons (Fsp3) is 0.0833. The molecule has 1 unspecified atom stereocenters. The van der Waals surface area contributed by atoms with Crippen LogP contribution < -0.4 is 4.90 Å². The summed E-state index contributed by atoms with van der Waals surface area (Å²) in [7, 11) is 0. The first-order valence-corrected chi connectivity index (χ1v) is 9.16. The molecule has 1 atom stereocenters. The molecule has 1 N–H and O–H groups in total. The van der Waals surface area contributed by atoms with Crippen LogP contribution in [0.5, 0.6) is 0 Å². The van der Waals surface area contributed by atoms with Crippen molar-refractivity contribution in [2.24, 2.45) is 0 Å². The molecule has 1 amide bonds. The number of amides is 1. The minimum absolute atomic E-state index is 0.0618. The summed E-state index contributed by atoms with van der Waals surface area (Å²) >= 11 is 0. The second kappa shape index (κ2) is 7.36. The molecule has 4 rings (SSSR count). The van der Waals surface area contributed by atoms with Gasteiger partial charge in [-0.05, 0) is 42.3 Å². The van der Waals surface area contributed by atoms with Gasteiger partial charge in [-0.3, -0.25) is 14.5 Å². The summed E-state index contributed by atoms with van der Waals surface area (Å²) in [6, 6.07) is 20.5. The van der Waals surface area contributed by atoms with E-state index in [-0.39, 0.29) is 11.3 Å². The zero-order valence-corrected chi connectivity index (χ0v) is 15.7. The first-order chi connectivity index (χ1) is 14.0. The number of nitrogens with zero attached hydrogens (tertiary/aromatic N) is 1. The number of aryl methyl sites for hydroxylation is 1. The first kappa shape index (κ1) is 18.6. The maximum Gasteiger partial charge on any atom is 0.300 e. The number of aliphatic hydroxyl groups excluding tert-OH is 1. The lowest BCUT2D eigenvalue weighted by atomic mass is 9.95. The predicted molar refractivity (Wildman–Crippen MR) is 109 cm³/mol. The van der Waals surface area contributed by atoms with Crippen LogP contribution in [-0.2, 0) is 9.59 Å². The Hall–Kier alpha value is -3.73. The van der Waals surface area contributed by atoms with Gasteiger partial charge >= 0.3 is 0 Å². The number of carbonyl (C=O) groups excluding carboxylic acids is 2. The second-order valence-corrected chi connectivity index (χ2v) is 6.93. The Labute approximate surface area is 167 Å². The van der Waals surface area contributed by atoms with E-state index in [9.17, 15) is 19.1 Å². The maximum absolute atomic E-state index is 14.0. The molecule has 0 bridgehead atoms. The number of rotatable bonds is 3. The Morgan fingerprint density at radius 3 is 2.34 bits per heavy atom. The van der Waals surface area contributed by atoms with Crippen molar-refractivity contribution in [3.8, 4) is 0 Å². The van der Waals surface area contributed by atoms with E-state index in [0.717, 1.165) is 5.56 Å².